The third kappa shape index (κ3) is 4.57. The molecule has 1 aromatic heterocycles. The van der Waals surface area contributed by atoms with E-state index in [9.17, 15) is 9.59 Å². The van der Waals surface area contributed by atoms with E-state index in [1.807, 2.05) is 71.6 Å². The van der Waals surface area contributed by atoms with Crippen molar-refractivity contribution >= 4 is 22.6 Å². The highest BCUT2D eigenvalue weighted by Gasteiger charge is 2.33. The zero-order valence-corrected chi connectivity index (χ0v) is 19.8. The molecule has 0 bridgehead atoms. The molecule has 1 unspecified atom stereocenters. The van der Waals surface area contributed by atoms with Crippen LogP contribution in [0, 0.1) is 0 Å². The number of nitrogens with zero attached hydrogens (tertiary/aromatic N) is 3. The first-order valence-corrected chi connectivity index (χ1v) is 11.9. The molecule has 1 aliphatic heterocycles. The summed E-state index contributed by atoms with van der Waals surface area (Å²) in [5.74, 6) is -0.236. The Kier molecular flexibility index (Phi) is 6.64. The molecule has 2 amide bonds. The smallest absolute Gasteiger partial charge is 0.255 e. The number of carbonyl (C=O) groups excluding carboxylic acids is 2. The number of methoxy groups -OCH3 is 1. The average molecular weight is 468 g/mol. The Balaban J connectivity index is 1.45. The molecule has 0 N–H and O–H groups in total. The van der Waals surface area contributed by atoms with Crippen molar-refractivity contribution in [3.05, 3.63) is 108 Å². The first-order valence-electron chi connectivity index (χ1n) is 11.9. The van der Waals surface area contributed by atoms with Crippen LogP contribution < -0.4 is 0 Å². The summed E-state index contributed by atoms with van der Waals surface area (Å²) in [5, 5.41) is 1.88. The summed E-state index contributed by atoms with van der Waals surface area (Å²) in [5.41, 5.74) is 2.74. The minimum atomic E-state index is -0.190. The largest absolute Gasteiger partial charge is 0.383 e. The molecule has 0 spiro atoms. The fraction of sp³-hybridized carbons (Fsp3) is 0.241. The molecule has 2 heterocycles. The Morgan fingerprint density at radius 2 is 1.69 bits per heavy atom. The maximum atomic E-state index is 13.8. The lowest BCUT2D eigenvalue weighted by molar-refractivity contribution is -0.134. The average Bonchev–Trinajstić information content (AvgIpc) is 3.39. The molecule has 0 saturated heterocycles. The van der Waals surface area contributed by atoms with Crippen LogP contribution in [0.2, 0.25) is 0 Å². The van der Waals surface area contributed by atoms with Gasteiger partial charge in [-0.1, -0.05) is 66.7 Å². The lowest BCUT2D eigenvalue weighted by atomic mass is 9.99. The Morgan fingerprint density at radius 3 is 2.51 bits per heavy atom. The maximum Gasteiger partial charge on any atom is 0.255 e. The van der Waals surface area contributed by atoms with Crippen molar-refractivity contribution in [1.29, 1.82) is 0 Å². The van der Waals surface area contributed by atoms with Gasteiger partial charge in [-0.05, 0) is 34.5 Å². The zero-order valence-electron chi connectivity index (χ0n) is 19.8. The van der Waals surface area contributed by atoms with Gasteiger partial charge in [0.05, 0.1) is 12.6 Å². The number of hydrogen-bond acceptors (Lipinski definition) is 3. The first kappa shape index (κ1) is 22.9. The topological polar surface area (TPSA) is 54.8 Å². The fourth-order valence-corrected chi connectivity index (χ4v) is 4.93. The number of rotatable bonds is 7. The third-order valence-electron chi connectivity index (χ3n) is 6.67. The molecule has 3 aromatic carbocycles. The maximum absolute atomic E-state index is 13.8. The Labute approximate surface area is 205 Å². The minimum absolute atomic E-state index is 0.00451. The van der Waals surface area contributed by atoms with Gasteiger partial charge in [0.15, 0.2) is 0 Å². The Morgan fingerprint density at radius 1 is 0.914 bits per heavy atom. The molecule has 1 atom stereocenters. The van der Waals surface area contributed by atoms with Crippen LogP contribution in [0.1, 0.15) is 27.7 Å². The van der Waals surface area contributed by atoms with E-state index in [0.29, 0.717) is 25.3 Å². The summed E-state index contributed by atoms with van der Waals surface area (Å²) in [6.45, 7) is 2.00. The van der Waals surface area contributed by atoms with Crippen molar-refractivity contribution in [2.75, 3.05) is 33.4 Å². The SMILES string of the molecule is COCCN(CC(=O)N1CCn2cccc2C1c1ccccc1)C(=O)c1cccc2ccccc12. The summed E-state index contributed by atoms with van der Waals surface area (Å²) in [7, 11) is 1.60. The van der Waals surface area contributed by atoms with Gasteiger partial charge >= 0.3 is 0 Å². The molecule has 0 radical (unpaired) electrons. The second-order valence-electron chi connectivity index (χ2n) is 8.77. The summed E-state index contributed by atoms with van der Waals surface area (Å²) in [6.07, 6.45) is 2.06. The molecule has 0 saturated carbocycles. The van der Waals surface area contributed by atoms with Crippen LogP contribution in [0.4, 0.5) is 0 Å². The predicted molar refractivity (Wildman–Crippen MR) is 136 cm³/mol. The summed E-state index contributed by atoms with van der Waals surface area (Å²) in [4.78, 5) is 31.0. The Hall–Kier alpha value is -3.90. The molecule has 6 nitrogen and oxygen atoms in total. The summed E-state index contributed by atoms with van der Waals surface area (Å²) < 4.78 is 7.48. The monoisotopic (exact) mass is 467 g/mol. The van der Waals surface area contributed by atoms with E-state index >= 15 is 0 Å². The van der Waals surface area contributed by atoms with E-state index in [4.69, 9.17) is 4.74 Å². The number of benzene rings is 3. The van der Waals surface area contributed by atoms with Crippen LogP contribution in [-0.4, -0.2) is 59.5 Å². The molecule has 5 rings (SSSR count). The van der Waals surface area contributed by atoms with Crippen molar-refractivity contribution in [1.82, 2.24) is 14.4 Å². The number of aromatic nitrogens is 1. The van der Waals surface area contributed by atoms with E-state index in [0.717, 1.165) is 28.6 Å². The van der Waals surface area contributed by atoms with E-state index in [2.05, 4.69) is 29.0 Å². The molecular formula is C29H29N3O3. The number of ether oxygens (including phenoxy) is 1. The van der Waals surface area contributed by atoms with Gasteiger partial charge in [-0.25, -0.2) is 0 Å². The number of amides is 2. The van der Waals surface area contributed by atoms with Gasteiger partial charge in [0.25, 0.3) is 5.91 Å². The molecule has 6 heteroatoms. The van der Waals surface area contributed by atoms with E-state index < -0.39 is 0 Å². The normalized spacial score (nSPS) is 15.1. The van der Waals surface area contributed by atoms with Crippen LogP contribution in [0.3, 0.4) is 0 Å². The molecule has 35 heavy (non-hydrogen) atoms. The van der Waals surface area contributed by atoms with Crippen LogP contribution >= 0.6 is 0 Å². The highest BCUT2D eigenvalue weighted by atomic mass is 16.5. The molecule has 4 aromatic rings. The lowest BCUT2D eigenvalue weighted by Gasteiger charge is -2.38. The molecule has 1 aliphatic rings. The van der Waals surface area contributed by atoms with Crippen LogP contribution in [0.5, 0.6) is 0 Å². The number of fused-ring (bicyclic) bond motifs is 2. The van der Waals surface area contributed by atoms with Gasteiger partial charge in [0.1, 0.15) is 6.54 Å². The second-order valence-corrected chi connectivity index (χ2v) is 8.77. The van der Waals surface area contributed by atoms with Gasteiger partial charge in [-0.2, -0.15) is 0 Å². The van der Waals surface area contributed by atoms with Gasteiger partial charge in [0.2, 0.25) is 5.91 Å². The molecular weight excluding hydrogens is 438 g/mol. The van der Waals surface area contributed by atoms with Crippen LogP contribution in [0.15, 0.2) is 91.1 Å². The quantitative estimate of drug-likeness (QED) is 0.406. The van der Waals surface area contributed by atoms with Crippen molar-refractivity contribution in [2.45, 2.75) is 12.6 Å². The highest BCUT2D eigenvalue weighted by molar-refractivity contribution is 6.07. The Bertz CT molecular complexity index is 1330. The molecule has 178 valence electrons. The molecule has 0 aliphatic carbocycles. The molecule has 0 fully saturated rings. The van der Waals surface area contributed by atoms with Crippen molar-refractivity contribution in [2.24, 2.45) is 0 Å². The van der Waals surface area contributed by atoms with Crippen molar-refractivity contribution in [3.63, 3.8) is 0 Å². The summed E-state index contributed by atoms with van der Waals surface area (Å²) in [6, 6.07) is 27.5. The standard InChI is InChI=1S/C29H29N3O3/c1-35-20-19-31(29(34)25-14-7-12-22-9-5-6-13-24(22)25)21-27(33)32-18-17-30-16-8-15-26(30)28(32)23-10-3-2-4-11-23/h2-16,28H,17-21H2,1H3. The third-order valence-corrected chi connectivity index (χ3v) is 6.67. The van der Waals surface area contributed by atoms with Crippen LogP contribution in [0.25, 0.3) is 10.8 Å². The zero-order chi connectivity index (χ0) is 24.2. The lowest BCUT2D eigenvalue weighted by Crippen LogP contribution is -2.48. The number of hydrogen-bond donors (Lipinski definition) is 0. The van der Waals surface area contributed by atoms with E-state index in [1.54, 1.807) is 12.0 Å². The van der Waals surface area contributed by atoms with Gasteiger partial charge in [-0.15, -0.1) is 0 Å². The first-order chi connectivity index (χ1) is 17.2. The minimum Gasteiger partial charge on any atom is -0.383 e. The van der Waals surface area contributed by atoms with Gasteiger partial charge in [0, 0.05) is 44.2 Å². The number of carbonyl (C=O) groups is 2. The second kappa shape index (κ2) is 10.2. The van der Waals surface area contributed by atoms with Crippen molar-refractivity contribution < 1.29 is 14.3 Å². The van der Waals surface area contributed by atoms with Gasteiger partial charge < -0.3 is 19.1 Å². The van der Waals surface area contributed by atoms with Gasteiger partial charge in [-0.3, -0.25) is 9.59 Å². The van der Waals surface area contributed by atoms with Crippen molar-refractivity contribution in [3.8, 4) is 0 Å². The summed E-state index contributed by atoms with van der Waals surface area (Å²) >= 11 is 0. The van der Waals surface area contributed by atoms with E-state index in [-0.39, 0.29) is 24.4 Å². The van der Waals surface area contributed by atoms with E-state index in [1.165, 1.54) is 0 Å². The predicted octanol–water partition coefficient (Wildman–Crippen LogP) is 4.36. The van der Waals surface area contributed by atoms with Crippen LogP contribution in [-0.2, 0) is 16.1 Å². The highest BCUT2D eigenvalue weighted by Crippen LogP contribution is 2.32. The fourth-order valence-electron chi connectivity index (χ4n) is 4.93.